The van der Waals surface area contributed by atoms with Gasteiger partial charge in [0.15, 0.2) is 5.78 Å². The maximum atomic E-state index is 12.2. The fraction of sp³-hybridized carbons (Fsp3) is 0.300. The molecule has 0 aliphatic rings. The zero-order valence-electron chi connectivity index (χ0n) is 14.8. The fourth-order valence-corrected chi connectivity index (χ4v) is 2.31. The van der Waals surface area contributed by atoms with Gasteiger partial charge < -0.3 is 15.4 Å². The number of rotatable bonds is 8. The Labute approximate surface area is 148 Å². The predicted octanol–water partition coefficient (Wildman–Crippen LogP) is 4.12. The molecule has 5 heteroatoms. The number of carbonyl (C=O) groups excluding carboxylic acids is 2. The summed E-state index contributed by atoms with van der Waals surface area (Å²) in [6.07, 6.45) is 0.341. The summed E-state index contributed by atoms with van der Waals surface area (Å²) in [6, 6.07) is 14.6. The molecule has 0 aliphatic carbocycles. The highest BCUT2D eigenvalue weighted by molar-refractivity contribution is 5.95. The summed E-state index contributed by atoms with van der Waals surface area (Å²) in [5.74, 6) is 0.575. The first-order valence-electron chi connectivity index (χ1n) is 8.36. The first-order chi connectivity index (χ1) is 12.0. The summed E-state index contributed by atoms with van der Waals surface area (Å²) in [5.41, 5.74) is 2.14. The highest BCUT2D eigenvalue weighted by Gasteiger charge is 2.09. The molecule has 0 spiro atoms. The third-order valence-electron chi connectivity index (χ3n) is 3.47. The lowest BCUT2D eigenvalue weighted by Crippen LogP contribution is -2.17. The van der Waals surface area contributed by atoms with E-state index >= 15 is 0 Å². The third kappa shape index (κ3) is 5.95. The van der Waals surface area contributed by atoms with E-state index in [1.165, 1.54) is 6.92 Å². The van der Waals surface area contributed by atoms with Crippen molar-refractivity contribution in [2.24, 2.45) is 0 Å². The van der Waals surface area contributed by atoms with Crippen LogP contribution in [-0.4, -0.2) is 24.3 Å². The number of ketones is 1. The number of amides is 1. The van der Waals surface area contributed by atoms with Gasteiger partial charge in [-0.1, -0.05) is 24.3 Å². The number of anilines is 2. The largest absolute Gasteiger partial charge is 0.489 e. The van der Waals surface area contributed by atoms with Crippen LogP contribution in [0.15, 0.2) is 48.5 Å². The zero-order valence-corrected chi connectivity index (χ0v) is 14.8. The van der Waals surface area contributed by atoms with Gasteiger partial charge in [-0.05, 0) is 45.0 Å². The van der Waals surface area contributed by atoms with Crippen molar-refractivity contribution >= 4 is 23.1 Å². The van der Waals surface area contributed by atoms with Crippen molar-refractivity contribution in [1.82, 2.24) is 0 Å². The molecule has 1 amide bonds. The standard InChI is InChI=1S/C20H24N2O3/c1-14(2)25-19-10-5-4-9-18(19)22-20(24)11-12-21-17-8-6-7-16(13-17)15(3)23/h4-10,13-14,21H,11-12H2,1-3H3,(H,22,24). The molecule has 0 aromatic heterocycles. The highest BCUT2D eigenvalue weighted by Crippen LogP contribution is 2.24. The Hall–Kier alpha value is -2.82. The molecular formula is C20H24N2O3. The molecule has 0 fully saturated rings. The zero-order chi connectivity index (χ0) is 18.2. The van der Waals surface area contributed by atoms with Crippen LogP contribution in [-0.2, 0) is 4.79 Å². The summed E-state index contributed by atoms with van der Waals surface area (Å²) < 4.78 is 5.69. The number of nitrogens with one attached hydrogen (secondary N) is 2. The summed E-state index contributed by atoms with van der Waals surface area (Å²) in [5, 5.41) is 6.03. The summed E-state index contributed by atoms with van der Waals surface area (Å²) >= 11 is 0. The van der Waals surface area contributed by atoms with E-state index in [1.54, 1.807) is 12.1 Å². The Morgan fingerprint density at radius 3 is 2.56 bits per heavy atom. The molecule has 132 valence electrons. The Bertz CT molecular complexity index is 741. The van der Waals surface area contributed by atoms with Crippen LogP contribution in [0.3, 0.4) is 0 Å². The SMILES string of the molecule is CC(=O)c1cccc(NCCC(=O)Nc2ccccc2OC(C)C)c1. The summed E-state index contributed by atoms with van der Waals surface area (Å²) in [7, 11) is 0. The maximum Gasteiger partial charge on any atom is 0.226 e. The van der Waals surface area contributed by atoms with Gasteiger partial charge in [0, 0.05) is 24.2 Å². The highest BCUT2D eigenvalue weighted by atomic mass is 16.5. The van der Waals surface area contributed by atoms with Crippen molar-refractivity contribution in [1.29, 1.82) is 0 Å². The first kappa shape index (κ1) is 18.5. The van der Waals surface area contributed by atoms with Crippen LogP contribution < -0.4 is 15.4 Å². The minimum atomic E-state index is -0.102. The Kier molecular flexibility index (Phi) is 6.57. The topological polar surface area (TPSA) is 67.4 Å². The number of hydrogen-bond acceptors (Lipinski definition) is 4. The first-order valence-corrected chi connectivity index (χ1v) is 8.36. The Morgan fingerprint density at radius 1 is 1.08 bits per heavy atom. The number of carbonyl (C=O) groups is 2. The van der Waals surface area contributed by atoms with E-state index in [4.69, 9.17) is 4.74 Å². The number of Topliss-reactive ketones (excluding diaryl/α,β-unsaturated/α-hetero) is 1. The van der Waals surface area contributed by atoms with Gasteiger partial charge in [-0.15, -0.1) is 0 Å². The smallest absolute Gasteiger partial charge is 0.226 e. The second kappa shape index (κ2) is 8.87. The van der Waals surface area contributed by atoms with E-state index in [0.717, 1.165) is 5.69 Å². The Morgan fingerprint density at radius 2 is 1.84 bits per heavy atom. The van der Waals surface area contributed by atoms with Gasteiger partial charge in [0.25, 0.3) is 0 Å². The Balaban J connectivity index is 1.87. The lowest BCUT2D eigenvalue weighted by Gasteiger charge is -2.15. The van der Waals surface area contributed by atoms with Gasteiger partial charge in [0.2, 0.25) is 5.91 Å². The van der Waals surface area contributed by atoms with Crippen molar-refractivity contribution < 1.29 is 14.3 Å². The molecule has 0 atom stereocenters. The average molecular weight is 340 g/mol. The second-order valence-electron chi connectivity index (χ2n) is 6.02. The van der Waals surface area contributed by atoms with Gasteiger partial charge in [0.1, 0.15) is 5.75 Å². The maximum absolute atomic E-state index is 12.2. The normalized spacial score (nSPS) is 10.4. The fourth-order valence-electron chi connectivity index (χ4n) is 2.31. The molecule has 0 heterocycles. The molecule has 0 aliphatic heterocycles. The van der Waals surface area contributed by atoms with E-state index < -0.39 is 0 Å². The van der Waals surface area contributed by atoms with Crippen molar-refractivity contribution in [2.45, 2.75) is 33.3 Å². The van der Waals surface area contributed by atoms with E-state index in [2.05, 4.69) is 10.6 Å². The molecule has 2 aromatic carbocycles. The second-order valence-corrected chi connectivity index (χ2v) is 6.02. The summed E-state index contributed by atoms with van der Waals surface area (Å²) in [4.78, 5) is 23.5. The quantitative estimate of drug-likeness (QED) is 0.710. The van der Waals surface area contributed by atoms with Crippen LogP contribution in [0.4, 0.5) is 11.4 Å². The monoisotopic (exact) mass is 340 g/mol. The molecule has 0 unspecified atom stereocenters. The van der Waals surface area contributed by atoms with Crippen LogP contribution in [0.1, 0.15) is 37.6 Å². The van der Waals surface area contributed by atoms with Crippen LogP contribution in [0.25, 0.3) is 0 Å². The number of hydrogen-bond donors (Lipinski definition) is 2. The molecule has 25 heavy (non-hydrogen) atoms. The number of para-hydroxylation sites is 2. The predicted molar refractivity (Wildman–Crippen MR) is 100 cm³/mol. The van der Waals surface area contributed by atoms with E-state index in [-0.39, 0.29) is 17.8 Å². The molecule has 2 aromatic rings. The molecule has 5 nitrogen and oxygen atoms in total. The molecule has 0 saturated heterocycles. The van der Waals surface area contributed by atoms with Crippen molar-refractivity contribution in [3.05, 3.63) is 54.1 Å². The molecule has 2 N–H and O–H groups in total. The van der Waals surface area contributed by atoms with E-state index in [0.29, 0.717) is 30.0 Å². The number of ether oxygens (including phenoxy) is 1. The lowest BCUT2D eigenvalue weighted by molar-refractivity contribution is -0.116. The van der Waals surface area contributed by atoms with Crippen LogP contribution in [0.2, 0.25) is 0 Å². The average Bonchev–Trinajstić information content (AvgIpc) is 2.56. The van der Waals surface area contributed by atoms with Crippen LogP contribution in [0.5, 0.6) is 5.75 Å². The third-order valence-corrected chi connectivity index (χ3v) is 3.47. The molecule has 0 radical (unpaired) electrons. The molecule has 2 rings (SSSR count). The molecular weight excluding hydrogens is 316 g/mol. The lowest BCUT2D eigenvalue weighted by atomic mass is 10.1. The van der Waals surface area contributed by atoms with Gasteiger partial charge >= 0.3 is 0 Å². The minimum absolute atomic E-state index is 0.0168. The van der Waals surface area contributed by atoms with E-state index in [1.807, 2.05) is 50.2 Å². The van der Waals surface area contributed by atoms with Crippen molar-refractivity contribution in [3.8, 4) is 5.75 Å². The van der Waals surface area contributed by atoms with Crippen LogP contribution in [0, 0.1) is 0 Å². The van der Waals surface area contributed by atoms with Gasteiger partial charge in [-0.2, -0.15) is 0 Å². The van der Waals surface area contributed by atoms with Gasteiger partial charge in [0.05, 0.1) is 11.8 Å². The van der Waals surface area contributed by atoms with Crippen LogP contribution >= 0.6 is 0 Å². The van der Waals surface area contributed by atoms with Crippen molar-refractivity contribution in [3.63, 3.8) is 0 Å². The van der Waals surface area contributed by atoms with Gasteiger partial charge in [-0.25, -0.2) is 0 Å². The van der Waals surface area contributed by atoms with E-state index in [9.17, 15) is 9.59 Å². The van der Waals surface area contributed by atoms with Crippen molar-refractivity contribution in [2.75, 3.05) is 17.2 Å². The molecule has 0 bridgehead atoms. The minimum Gasteiger partial charge on any atom is -0.489 e. The van der Waals surface area contributed by atoms with Gasteiger partial charge in [-0.3, -0.25) is 9.59 Å². The summed E-state index contributed by atoms with van der Waals surface area (Å²) in [6.45, 7) is 5.89. The molecule has 0 saturated carbocycles. The number of benzene rings is 2.